The van der Waals surface area contributed by atoms with E-state index in [2.05, 4.69) is 28.0 Å². The summed E-state index contributed by atoms with van der Waals surface area (Å²) in [5.74, 6) is -5.02. The van der Waals surface area contributed by atoms with Gasteiger partial charge in [0.15, 0.2) is 5.13 Å². The first-order valence-corrected chi connectivity index (χ1v) is 13.1. The molecule has 10 heteroatoms. The van der Waals surface area contributed by atoms with E-state index in [4.69, 9.17) is 9.84 Å². The molecule has 1 heterocycles. The molecule has 7 nitrogen and oxygen atoms in total. The summed E-state index contributed by atoms with van der Waals surface area (Å²) >= 11 is 1.34. The molecule has 0 atom stereocenters. The Kier molecular flexibility index (Phi) is 8.85. The molecule has 0 bridgehead atoms. The number of amides is 1. The predicted octanol–water partition coefficient (Wildman–Crippen LogP) is 5.87. The average molecular weight is 543 g/mol. The highest BCUT2D eigenvalue weighted by molar-refractivity contribution is 7.16. The number of nitrogens with zero attached hydrogens (tertiary/aromatic N) is 1. The average Bonchev–Trinajstić information content (AvgIpc) is 3.31. The van der Waals surface area contributed by atoms with Crippen LogP contribution in [0.4, 0.5) is 13.9 Å². The molecule has 3 aromatic rings. The number of carboxylic acid groups (broad SMARTS) is 1. The quantitative estimate of drug-likeness (QED) is 0.179. The van der Waals surface area contributed by atoms with Crippen LogP contribution in [-0.2, 0) is 33.5 Å². The highest BCUT2D eigenvalue weighted by Gasteiger charge is 2.24. The van der Waals surface area contributed by atoms with Gasteiger partial charge >= 0.3 is 5.97 Å². The van der Waals surface area contributed by atoms with Crippen LogP contribution in [0.5, 0.6) is 0 Å². The van der Waals surface area contributed by atoms with Crippen molar-refractivity contribution in [1.82, 2.24) is 4.98 Å². The Balaban J connectivity index is 1.51. The molecule has 0 spiro atoms. The Morgan fingerprint density at radius 1 is 1.18 bits per heavy atom. The number of benzene rings is 2. The number of anilines is 1. The van der Waals surface area contributed by atoms with Gasteiger partial charge in [0.2, 0.25) is 5.76 Å². The van der Waals surface area contributed by atoms with Crippen molar-refractivity contribution in [2.75, 3.05) is 25.6 Å². The van der Waals surface area contributed by atoms with Crippen molar-refractivity contribution in [3.05, 3.63) is 74.9 Å². The maximum atomic E-state index is 14.6. The molecule has 1 aliphatic carbocycles. The minimum atomic E-state index is -1.48. The van der Waals surface area contributed by atoms with E-state index in [1.807, 2.05) is 12.1 Å². The molecule has 38 heavy (non-hydrogen) atoms. The number of carbonyl (C=O) groups excluding carboxylic acids is 1. The molecule has 1 aliphatic rings. The van der Waals surface area contributed by atoms with Crippen LogP contribution in [0.1, 0.15) is 51.7 Å². The maximum absolute atomic E-state index is 14.6. The zero-order valence-electron chi connectivity index (χ0n) is 21.1. The Morgan fingerprint density at radius 2 is 1.95 bits per heavy atom. The van der Waals surface area contributed by atoms with E-state index in [-0.39, 0.29) is 5.56 Å². The minimum Gasteiger partial charge on any atom is -0.490 e. The number of carbonyl (C=O) groups is 2. The highest BCUT2D eigenvalue weighted by atomic mass is 32.1. The normalized spacial score (nSPS) is 12.6. The molecule has 0 saturated heterocycles. The van der Waals surface area contributed by atoms with E-state index in [9.17, 15) is 18.4 Å². The van der Waals surface area contributed by atoms with Gasteiger partial charge in [-0.1, -0.05) is 25.1 Å². The monoisotopic (exact) mass is 542 g/mol. The highest BCUT2D eigenvalue weighted by Crippen LogP contribution is 2.39. The second kappa shape index (κ2) is 12.3. The number of thiazole rings is 1. The molecule has 2 aromatic carbocycles. The van der Waals surface area contributed by atoms with E-state index in [1.165, 1.54) is 22.5 Å². The van der Waals surface area contributed by atoms with Crippen LogP contribution in [0.2, 0.25) is 0 Å². The van der Waals surface area contributed by atoms with E-state index in [0.29, 0.717) is 5.13 Å². The molecule has 200 valence electrons. The van der Waals surface area contributed by atoms with Gasteiger partial charge in [-0.2, -0.15) is 0 Å². The minimum absolute atomic E-state index is 0.257. The molecule has 1 aromatic heterocycles. The summed E-state index contributed by atoms with van der Waals surface area (Å²) < 4.78 is 39.4. The van der Waals surface area contributed by atoms with E-state index >= 15 is 0 Å². The fourth-order valence-electron chi connectivity index (χ4n) is 4.38. The number of nitrogens with one attached hydrogen (secondary N) is 1. The van der Waals surface area contributed by atoms with Crippen molar-refractivity contribution in [3.63, 3.8) is 0 Å². The number of hydrogen-bond donors (Lipinski definition) is 2. The lowest BCUT2D eigenvalue weighted by molar-refractivity contribution is -0.135. The number of ether oxygens (including phenoxy) is 2. The third kappa shape index (κ3) is 6.08. The predicted molar refractivity (Wildman–Crippen MR) is 141 cm³/mol. The van der Waals surface area contributed by atoms with Gasteiger partial charge in [0.05, 0.1) is 12.8 Å². The molecule has 2 N–H and O–H groups in total. The van der Waals surface area contributed by atoms with Crippen LogP contribution in [-0.4, -0.2) is 42.3 Å². The zero-order valence-corrected chi connectivity index (χ0v) is 21.9. The number of aliphatic carboxylic acids is 1. The Morgan fingerprint density at radius 3 is 2.63 bits per heavy atom. The number of fused-ring (bicyclic) bond motifs is 3. The lowest BCUT2D eigenvalue weighted by Crippen LogP contribution is -2.13. The Labute approximate surface area is 223 Å². The lowest BCUT2D eigenvalue weighted by Gasteiger charge is -2.18. The summed E-state index contributed by atoms with van der Waals surface area (Å²) in [7, 11) is 1.08. The summed E-state index contributed by atoms with van der Waals surface area (Å²) in [4.78, 5) is 29.6. The SMILES string of the molecule is CCCOCCCc1cccc2c1CCc1sc(NC(=O)c3cc(F)c(/C=C(\OC)C(=O)O)c(F)c3)nc1-2. The summed E-state index contributed by atoms with van der Waals surface area (Å²) in [5.41, 5.74) is 3.50. The number of aromatic nitrogens is 1. The summed E-state index contributed by atoms with van der Waals surface area (Å²) in [6.07, 6.45) is 5.24. The van der Waals surface area contributed by atoms with E-state index in [0.717, 1.165) is 86.8 Å². The molecule has 0 saturated carbocycles. The summed E-state index contributed by atoms with van der Waals surface area (Å²) in [5, 5.41) is 12.0. The van der Waals surface area contributed by atoms with Gasteiger partial charge in [0.1, 0.15) is 11.6 Å². The number of rotatable bonds is 11. The largest absolute Gasteiger partial charge is 0.490 e. The van der Waals surface area contributed by atoms with Crippen molar-refractivity contribution in [1.29, 1.82) is 0 Å². The van der Waals surface area contributed by atoms with Crippen molar-refractivity contribution in [3.8, 4) is 11.3 Å². The Bertz CT molecular complexity index is 1360. The van der Waals surface area contributed by atoms with Crippen LogP contribution in [0.15, 0.2) is 36.1 Å². The molecular formula is C28H28F2N2O5S. The topological polar surface area (TPSA) is 97.8 Å². The van der Waals surface area contributed by atoms with Gasteiger partial charge < -0.3 is 14.6 Å². The molecular weight excluding hydrogens is 514 g/mol. The number of hydrogen-bond acceptors (Lipinski definition) is 6. The van der Waals surface area contributed by atoms with E-state index < -0.39 is 34.8 Å². The van der Waals surface area contributed by atoms with Crippen LogP contribution in [0, 0.1) is 11.6 Å². The first-order valence-electron chi connectivity index (χ1n) is 12.3. The fraction of sp³-hybridized carbons (Fsp3) is 0.321. The van der Waals surface area contributed by atoms with Gasteiger partial charge in [-0.3, -0.25) is 10.1 Å². The van der Waals surface area contributed by atoms with Crippen molar-refractivity contribution in [2.45, 2.75) is 39.0 Å². The molecule has 0 fully saturated rings. The Hall–Kier alpha value is -3.63. The van der Waals surface area contributed by atoms with Crippen LogP contribution < -0.4 is 5.32 Å². The first kappa shape index (κ1) is 27.4. The van der Waals surface area contributed by atoms with Gasteiger partial charge in [0.25, 0.3) is 5.91 Å². The van der Waals surface area contributed by atoms with Gasteiger partial charge in [0, 0.05) is 40.9 Å². The number of halogens is 2. The third-order valence-corrected chi connectivity index (χ3v) is 7.21. The van der Waals surface area contributed by atoms with Gasteiger partial charge in [-0.25, -0.2) is 18.6 Å². The third-order valence-electron chi connectivity index (χ3n) is 6.18. The fourth-order valence-corrected chi connectivity index (χ4v) is 5.35. The van der Waals surface area contributed by atoms with E-state index in [1.54, 1.807) is 0 Å². The molecule has 0 aliphatic heterocycles. The van der Waals surface area contributed by atoms with Crippen LogP contribution in [0.25, 0.3) is 17.3 Å². The standard InChI is InChI=1S/C28H28F2N2O5S/c1-3-11-37-12-5-7-16-6-4-8-19-18(16)9-10-24-25(19)31-28(38-24)32-26(33)17-13-21(29)20(22(30)14-17)15-23(36-2)27(34)35/h4,6,8,13-15H,3,5,7,9-12H2,1-2H3,(H,34,35)(H,31,32,33)/b23-15-. The second-order valence-electron chi connectivity index (χ2n) is 8.78. The van der Waals surface area contributed by atoms with Crippen LogP contribution >= 0.6 is 11.3 Å². The summed E-state index contributed by atoms with van der Waals surface area (Å²) in [6, 6.07) is 7.86. The first-order chi connectivity index (χ1) is 18.3. The number of methoxy groups -OCH3 is 1. The van der Waals surface area contributed by atoms with Crippen molar-refractivity contribution in [2.24, 2.45) is 0 Å². The second-order valence-corrected chi connectivity index (χ2v) is 9.86. The molecule has 0 radical (unpaired) electrons. The molecule has 0 unspecified atom stereocenters. The molecule has 4 rings (SSSR count). The van der Waals surface area contributed by atoms with Gasteiger partial charge in [-0.05, 0) is 55.4 Å². The maximum Gasteiger partial charge on any atom is 0.371 e. The number of carboxylic acids is 1. The summed E-state index contributed by atoms with van der Waals surface area (Å²) in [6.45, 7) is 3.58. The van der Waals surface area contributed by atoms with Crippen LogP contribution in [0.3, 0.4) is 0 Å². The van der Waals surface area contributed by atoms with Crippen molar-refractivity contribution >= 4 is 34.4 Å². The number of aryl methyl sites for hydroxylation is 2. The van der Waals surface area contributed by atoms with Crippen molar-refractivity contribution < 1.29 is 33.0 Å². The zero-order chi connectivity index (χ0) is 27.2. The van der Waals surface area contributed by atoms with Gasteiger partial charge in [-0.15, -0.1) is 11.3 Å². The smallest absolute Gasteiger partial charge is 0.371 e. The molecule has 1 amide bonds. The lowest BCUT2D eigenvalue weighted by atomic mass is 9.88.